The van der Waals surface area contributed by atoms with E-state index in [1.54, 1.807) is 10.9 Å². The predicted octanol–water partition coefficient (Wildman–Crippen LogP) is 1.50. The van der Waals surface area contributed by atoms with Gasteiger partial charge in [-0.25, -0.2) is 0 Å². The molecule has 50 valence electrons. The fourth-order valence-corrected chi connectivity index (χ4v) is 1.19. The summed E-state index contributed by atoms with van der Waals surface area (Å²) in [7, 11) is 1.83. The maximum Gasteiger partial charge on any atom is 0.0906 e. The topological polar surface area (TPSA) is 17.8 Å². The highest BCUT2D eigenvalue weighted by Gasteiger charge is 2.00. The van der Waals surface area contributed by atoms with Crippen LogP contribution in [0.15, 0.2) is 6.20 Å². The van der Waals surface area contributed by atoms with Crippen molar-refractivity contribution in [1.82, 2.24) is 9.78 Å². The zero-order valence-electron chi connectivity index (χ0n) is 5.00. The average Bonchev–Trinajstić information content (AvgIpc) is 2.10. The molecule has 0 N–H and O–H groups in total. The highest BCUT2D eigenvalue weighted by molar-refractivity contribution is 7.79. The molecule has 0 spiro atoms. The Labute approximate surface area is 64.2 Å². The minimum Gasteiger partial charge on any atom is -0.274 e. The Morgan fingerprint density at radius 1 is 1.89 bits per heavy atom. The molecule has 0 amide bonds. The second kappa shape index (κ2) is 2.62. The van der Waals surface area contributed by atoms with Crippen LogP contribution in [0.4, 0.5) is 0 Å². The number of nitrogens with zero attached hydrogens (tertiary/aromatic N) is 2. The highest BCUT2D eigenvalue weighted by Crippen LogP contribution is 2.13. The van der Waals surface area contributed by atoms with E-state index in [-0.39, 0.29) is 0 Å². The van der Waals surface area contributed by atoms with Gasteiger partial charge >= 0.3 is 0 Å². The Kier molecular flexibility index (Phi) is 2.03. The van der Waals surface area contributed by atoms with Crippen LogP contribution in [-0.4, -0.2) is 9.78 Å². The molecule has 1 aromatic rings. The molecule has 0 fully saturated rings. The molecule has 4 heteroatoms. The molecule has 0 atom stereocenters. The van der Waals surface area contributed by atoms with Crippen LogP contribution in [0, 0.1) is 0 Å². The summed E-state index contributed by atoms with van der Waals surface area (Å²) in [4.78, 5) is 0. The third kappa shape index (κ3) is 1.40. The average molecular weight is 163 g/mol. The molecule has 1 heterocycles. The van der Waals surface area contributed by atoms with Gasteiger partial charge in [0.2, 0.25) is 0 Å². The maximum absolute atomic E-state index is 5.71. The van der Waals surface area contributed by atoms with Crippen LogP contribution >= 0.6 is 24.2 Å². The second-order valence-electron chi connectivity index (χ2n) is 1.76. The van der Waals surface area contributed by atoms with E-state index >= 15 is 0 Å². The summed E-state index contributed by atoms with van der Waals surface area (Å²) >= 11 is 9.75. The molecule has 0 aromatic carbocycles. The first kappa shape index (κ1) is 6.96. The Morgan fingerprint density at radius 2 is 2.56 bits per heavy atom. The molecular formula is C5H7ClN2S. The number of halogens is 1. The number of aromatic nitrogens is 2. The number of rotatable bonds is 1. The van der Waals surface area contributed by atoms with Crippen molar-refractivity contribution in [3.63, 3.8) is 0 Å². The van der Waals surface area contributed by atoms with Gasteiger partial charge in [-0.2, -0.15) is 17.7 Å². The van der Waals surface area contributed by atoms with Crippen molar-refractivity contribution in [3.05, 3.63) is 16.9 Å². The summed E-state index contributed by atoms with van der Waals surface area (Å²) in [6, 6.07) is 0. The molecule has 9 heavy (non-hydrogen) atoms. The van der Waals surface area contributed by atoms with Gasteiger partial charge in [-0.3, -0.25) is 4.68 Å². The van der Waals surface area contributed by atoms with Crippen LogP contribution in [0.5, 0.6) is 0 Å². The molecule has 0 saturated heterocycles. The summed E-state index contributed by atoms with van der Waals surface area (Å²) in [6.07, 6.45) is 1.76. The van der Waals surface area contributed by atoms with Crippen LogP contribution < -0.4 is 0 Å². The Bertz CT molecular complexity index is 209. The van der Waals surface area contributed by atoms with Crippen molar-refractivity contribution in [2.24, 2.45) is 7.05 Å². The van der Waals surface area contributed by atoms with E-state index in [2.05, 4.69) is 17.7 Å². The molecule has 0 saturated carbocycles. The molecular weight excluding hydrogens is 156 g/mol. The molecule has 0 aliphatic rings. The molecule has 1 aromatic heterocycles. The number of thiol groups is 1. The van der Waals surface area contributed by atoms with Gasteiger partial charge in [0.15, 0.2) is 0 Å². The van der Waals surface area contributed by atoms with Crippen LogP contribution in [0.25, 0.3) is 0 Å². The van der Waals surface area contributed by atoms with Crippen molar-refractivity contribution in [3.8, 4) is 0 Å². The molecule has 1 rings (SSSR count). The lowest BCUT2D eigenvalue weighted by Crippen LogP contribution is -1.87. The van der Waals surface area contributed by atoms with Gasteiger partial charge in [-0.05, 0) is 0 Å². The summed E-state index contributed by atoms with van der Waals surface area (Å²) in [5.41, 5.74) is 0.836. The minimum absolute atomic E-state index is 0.597. The van der Waals surface area contributed by atoms with Gasteiger partial charge in [0, 0.05) is 19.0 Å². The van der Waals surface area contributed by atoms with Gasteiger partial charge in [0.25, 0.3) is 0 Å². The van der Waals surface area contributed by atoms with Crippen molar-refractivity contribution in [2.45, 2.75) is 5.75 Å². The number of aryl methyl sites for hydroxylation is 1. The van der Waals surface area contributed by atoms with Gasteiger partial charge in [0.05, 0.1) is 10.7 Å². The first-order valence-corrected chi connectivity index (χ1v) is 3.54. The zero-order chi connectivity index (χ0) is 6.85. The lowest BCUT2D eigenvalue weighted by atomic mass is 10.5. The second-order valence-corrected chi connectivity index (χ2v) is 2.48. The lowest BCUT2D eigenvalue weighted by molar-refractivity contribution is 0.755. The Hall–Kier alpha value is -0.150. The molecule has 0 aliphatic heterocycles. The normalized spacial score (nSPS) is 10.1. The Morgan fingerprint density at radius 3 is 2.78 bits per heavy atom. The quantitative estimate of drug-likeness (QED) is 0.620. The number of hydrogen-bond donors (Lipinski definition) is 1. The molecule has 0 bridgehead atoms. The first-order chi connectivity index (χ1) is 4.24. The summed E-state index contributed by atoms with van der Waals surface area (Å²) in [5.74, 6) is 0.597. The van der Waals surface area contributed by atoms with Crippen molar-refractivity contribution >= 4 is 24.2 Å². The monoisotopic (exact) mass is 162 g/mol. The van der Waals surface area contributed by atoms with Gasteiger partial charge in [-0.1, -0.05) is 11.6 Å². The summed E-state index contributed by atoms with van der Waals surface area (Å²) in [5, 5.41) is 4.72. The van der Waals surface area contributed by atoms with Crippen molar-refractivity contribution in [1.29, 1.82) is 0 Å². The van der Waals surface area contributed by atoms with Crippen LogP contribution in [-0.2, 0) is 12.8 Å². The molecule has 0 unspecified atom stereocenters. The van der Waals surface area contributed by atoms with E-state index in [1.165, 1.54) is 0 Å². The van der Waals surface area contributed by atoms with E-state index in [9.17, 15) is 0 Å². The summed E-state index contributed by atoms with van der Waals surface area (Å²) in [6.45, 7) is 0. The van der Waals surface area contributed by atoms with E-state index in [0.717, 1.165) is 5.69 Å². The summed E-state index contributed by atoms with van der Waals surface area (Å²) < 4.78 is 1.67. The van der Waals surface area contributed by atoms with E-state index < -0.39 is 0 Å². The predicted molar refractivity (Wildman–Crippen MR) is 40.9 cm³/mol. The van der Waals surface area contributed by atoms with Crippen LogP contribution in [0.3, 0.4) is 0 Å². The van der Waals surface area contributed by atoms with Crippen molar-refractivity contribution < 1.29 is 0 Å². The van der Waals surface area contributed by atoms with Gasteiger partial charge in [0.1, 0.15) is 0 Å². The van der Waals surface area contributed by atoms with Crippen LogP contribution in [0.2, 0.25) is 5.02 Å². The molecule has 2 nitrogen and oxygen atoms in total. The molecule has 0 radical (unpaired) electrons. The van der Waals surface area contributed by atoms with Crippen molar-refractivity contribution in [2.75, 3.05) is 0 Å². The Balaban J connectivity index is 3.01. The van der Waals surface area contributed by atoms with Crippen LogP contribution in [0.1, 0.15) is 5.69 Å². The standard InChI is InChI=1S/C5H7ClN2S/c1-8-2-4(6)5(3-9)7-8/h2,9H,3H2,1H3. The zero-order valence-corrected chi connectivity index (χ0v) is 6.65. The highest BCUT2D eigenvalue weighted by atomic mass is 35.5. The smallest absolute Gasteiger partial charge is 0.0906 e. The lowest BCUT2D eigenvalue weighted by Gasteiger charge is -1.84. The third-order valence-electron chi connectivity index (χ3n) is 1.00. The van der Waals surface area contributed by atoms with E-state index in [4.69, 9.17) is 11.6 Å². The fourth-order valence-electron chi connectivity index (χ4n) is 0.613. The van der Waals surface area contributed by atoms with Gasteiger partial charge < -0.3 is 0 Å². The largest absolute Gasteiger partial charge is 0.274 e. The van der Waals surface area contributed by atoms with E-state index in [1.807, 2.05) is 7.05 Å². The SMILES string of the molecule is Cn1cc(Cl)c(CS)n1. The first-order valence-electron chi connectivity index (χ1n) is 2.53. The molecule has 0 aliphatic carbocycles. The fraction of sp³-hybridized carbons (Fsp3) is 0.400. The minimum atomic E-state index is 0.597. The van der Waals surface area contributed by atoms with E-state index in [0.29, 0.717) is 10.8 Å². The van der Waals surface area contributed by atoms with Gasteiger partial charge in [-0.15, -0.1) is 0 Å². The third-order valence-corrected chi connectivity index (χ3v) is 1.62. The maximum atomic E-state index is 5.71. The number of hydrogen-bond acceptors (Lipinski definition) is 2.